The minimum atomic E-state index is -0.622. The predicted molar refractivity (Wildman–Crippen MR) is 77.4 cm³/mol. The maximum Gasteiger partial charge on any atom is 0.264 e. The molecule has 0 radical (unpaired) electrons. The average Bonchev–Trinajstić information content (AvgIpc) is 2.75. The Bertz CT molecular complexity index is 667. The van der Waals surface area contributed by atoms with Crippen LogP contribution < -0.4 is 11.1 Å². The van der Waals surface area contributed by atoms with E-state index in [1.54, 1.807) is 21.0 Å². The number of amides is 2. The molecule has 0 fully saturated rings. The number of hydrogen-bond acceptors (Lipinski definition) is 6. The molecule has 0 aliphatic heterocycles. The Morgan fingerprint density at radius 3 is 2.60 bits per heavy atom. The van der Waals surface area contributed by atoms with Crippen LogP contribution in [0.15, 0.2) is 12.4 Å². The number of nitrogen functional groups attached to an aromatic ring is 1. The number of likely N-dealkylation sites (N-methyl/N-ethyl adjacent to an activating group) is 1. The van der Waals surface area contributed by atoms with Gasteiger partial charge in [0.15, 0.2) is 0 Å². The molecule has 2 rings (SSSR count). The highest BCUT2D eigenvalue weighted by Crippen LogP contribution is 2.30. The number of carbonyl (C=O) groups excluding carboxylic acids is 2. The number of thiophene rings is 1. The van der Waals surface area contributed by atoms with Crippen LogP contribution in [0.2, 0.25) is 0 Å². The van der Waals surface area contributed by atoms with Crippen molar-refractivity contribution in [2.45, 2.75) is 13.0 Å². The SMILES string of the molecule is CC(NC(=O)c1sc2nccnc2c1N)C(=O)N(C)C. The van der Waals surface area contributed by atoms with Gasteiger partial charge < -0.3 is 16.0 Å². The molecular formula is C12H15N5O2S. The molecule has 1 unspecified atom stereocenters. The minimum absolute atomic E-state index is 0.186. The minimum Gasteiger partial charge on any atom is -0.396 e. The summed E-state index contributed by atoms with van der Waals surface area (Å²) in [6.07, 6.45) is 3.06. The lowest BCUT2D eigenvalue weighted by molar-refractivity contribution is -0.130. The first-order valence-corrected chi connectivity index (χ1v) is 6.74. The second-order valence-corrected chi connectivity index (χ2v) is 5.48. The van der Waals surface area contributed by atoms with E-state index < -0.39 is 11.9 Å². The van der Waals surface area contributed by atoms with Gasteiger partial charge >= 0.3 is 0 Å². The summed E-state index contributed by atoms with van der Waals surface area (Å²) in [6, 6.07) is -0.622. The van der Waals surface area contributed by atoms with Gasteiger partial charge in [-0.05, 0) is 6.92 Å². The van der Waals surface area contributed by atoms with E-state index in [0.717, 1.165) is 11.3 Å². The second-order valence-electron chi connectivity index (χ2n) is 4.48. The number of nitrogens with one attached hydrogen (secondary N) is 1. The van der Waals surface area contributed by atoms with E-state index >= 15 is 0 Å². The van der Waals surface area contributed by atoms with Crippen molar-refractivity contribution in [2.75, 3.05) is 19.8 Å². The molecule has 2 aromatic heterocycles. The van der Waals surface area contributed by atoms with Crippen molar-refractivity contribution in [1.82, 2.24) is 20.2 Å². The van der Waals surface area contributed by atoms with Gasteiger partial charge in [0.1, 0.15) is 21.3 Å². The van der Waals surface area contributed by atoms with Gasteiger partial charge in [0, 0.05) is 26.5 Å². The van der Waals surface area contributed by atoms with Crippen LogP contribution in [0.25, 0.3) is 10.3 Å². The quantitative estimate of drug-likeness (QED) is 0.857. The van der Waals surface area contributed by atoms with Gasteiger partial charge in [-0.1, -0.05) is 0 Å². The molecule has 0 aliphatic carbocycles. The lowest BCUT2D eigenvalue weighted by Crippen LogP contribution is -2.44. The molecule has 106 valence electrons. The molecule has 20 heavy (non-hydrogen) atoms. The fraction of sp³-hybridized carbons (Fsp3) is 0.333. The van der Waals surface area contributed by atoms with Crippen molar-refractivity contribution in [2.24, 2.45) is 0 Å². The summed E-state index contributed by atoms with van der Waals surface area (Å²) >= 11 is 1.16. The van der Waals surface area contributed by atoms with Crippen LogP contribution in [0.1, 0.15) is 16.6 Å². The topological polar surface area (TPSA) is 101 Å². The molecule has 8 heteroatoms. The van der Waals surface area contributed by atoms with Crippen LogP contribution in [-0.2, 0) is 4.79 Å². The number of rotatable bonds is 3. The van der Waals surface area contributed by atoms with E-state index in [0.29, 0.717) is 20.9 Å². The summed E-state index contributed by atoms with van der Waals surface area (Å²) in [5.74, 6) is -0.579. The van der Waals surface area contributed by atoms with Gasteiger partial charge in [0.05, 0.1) is 5.69 Å². The third-order valence-corrected chi connectivity index (χ3v) is 3.83. The molecular weight excluding hydrogens is 278 g/mol. The van der Waals surface area contributed by atoms with Crippen LogP contribution in [0.3, 0.4) is 0 Å². The van der Waals surface area contributed by atoms with Crippen molar-refractivity contribution < 1.29 is 9.59 Å². The molecule has 0 bridgehead atoms. The van der Waals surface area contributed by atoms with E-state index in [4.69, 9.17) is 5.73 Å². The van der Waals surface area contributed by atoms with E-state index in [9.17, 15) is 9.59 Å². The molecule has 2 heterocycles. The van der Waals surface area contributed by atoms with Crippen molar-refractivity contribution in [3.8, 4) is 0 Å². The number of fused-ring (bicyclic) bond motifs is 1. The van der Waals surface area contributed by atoms with Gasteiger partial charge in [0.25, 0.3) is 5.91 Å². The summed E-state index contributed by atoms with van der Waals surface area (Å²) in [5, 5.41) is 2.62. The standard InChI is InChI=1S/C12H15N5O2S/c1-6(12(19)17(2)3)16-10(18)9-7(13)8-11(20-9)15-5-4-14-8/h4-6H,13H2,1-3H3,(H,16,18). The summed E-state index contributed by atoms with van der Waals surface area (Å²) in [6.45, 7) is 1.63. The van der Waals surface area contributed by atoms with Crippen molar-refractivity contribution in [1.29, 1.82) is 0 Å². The van der Waals surface area contributed by atoms with Gasteiger partial charge in [0.2, 0.25) is 5.91 Å². The largest absolute Gasteiger partial charge is 0.396 e. The molecule has 0 saturated heterocycles. The van der Waals surface area contributed by atoms with Crippen molar-refractivity contribution in [3.05, 3.63) is 17.3 Å². The molecule has 3 N–H and O–H groups in total. The van der Waals surface area contributed by atoms with Crippen molar-refractivity contribution >= 4 is 39.2 Å². The zero-order chi connectivity index (χ0) is 14.9. The monoisotopic (exact) mass is 293 g/mol. The average molecular weight is 293 g/mol. The molecule has 2 aromatic rings. The molecule has 0 aromatic carbocycles. The summed E-state index contributed by atoms with van der Waals surface area (Å²) in [4.78, 5) is 34.4. The number of hydrogen-bond donors (Lipinski definition) is 2. The predicted octanol–water partition coefficient (Wildman–Crippen LogP) is 0.480. The highest BCUT2D eigenvalue weighted by molar-refractivity contribution is 7.21. The number of aromatic nitrogens is 2. The number of nitrogens with two attached hydrogens (primary N) is 1. The van der Waals surface area contributed by atoms with Gasteiger partial charge in [-0.3, -0.25) is 9.59 Å². The number of nitrogens with zero attached hydrogens (tertiary/aromatic N) is 3. The number of anilines is 1. The smallest absolute Gasteiger partial charge is 0.264 e. The van der Waals surface area contributed by atoms with Gasteiger partial charge in [-0.15, -0.1) is 11.3 Å². The van der Waals surface area contributed by atoms with Crippen LogP contribution in [0.5, 0.6) is 0 Å². The van der Waals surface area contributed by atoms with Crippen LogP contribution >= 0.6 is 11.3 Å². The molecule has 0 aliphatic rings. The first kappa shape index (κ1) is 14.2. The summed E-state index contributed by atoms with van der Waals surface area (Å²) in [7, 11) is 3.26. The molecule has 0 saturated carbocycles. The van der Waals surface area contributed by atoms with E-state index in [1.807, 2.05) is 0 Å². The molecule has 7 nitrogen and oxygen atoms in total. The fourth-order valence-corrected chi connectivity index (χ4v) is 2.65. The third-order valence-electron chi connectivity index (χ3n) is 2.73. The Balaban J connectivity index is 2.24. The zero-order valence-electron chi connectivity index (χ0n) is 11.4. The van der Waals surface area contributed by atoms with E-state index in [2.05, 4.69) is 15.3 Å². The first-order chi connectivity index (χ1) is 9.41. The Morgan fingerprint density at radius 2 is 2.00 bits per heavy atom. The Labute approximate surface area is 119 Å². The second kappa shape index (κ2) is 5.41. The Kier molecular flexibility index (Phi) is 3.84. The normalized spacial score (nSPS) is 12.2. The first-order valence-electron chi connectivity index (χ1n) is 5.92. The Morgan fingerprint density at radius 1 is 1.35 bits per heavy atom. The lowest BCUT2D eigenvalue weighted by atomic mass is 10.2. The summed E-state index contributed by atoms with van der Waals surface area (Å²) < 4.78 is 0. The maximum absolute atomic E-state index is 12.2. The third kappa shape index (κ3) is 2.55. The fourth-order valence-electron chi connectivity index (χ4n) is 1.72. The van der Waals surface area contributed by atoms with E-state index in [1.165, 1.54) is 17.3 Å². The van der Waals surface area contributed by atoms with Crippen LogP contribution in [0.4, 0.5) is 5.69 Å². The molecule has 0 spiro atoms. The summed E-state index contributed by atoms with van der Waals surface area (Å²) in [5.41, 5.74) is 6.70. The highest BCUT2D eigenvalue weighted by atomic mass is 32.1. The highest BCUT2D eigenvalue weighted by Gasteiger charge is 2.22. The molecule has 1 atom stereocenters. The van der Waals surface area contributed by atoms with Crippen LogP contribution in [0, 0.1) is 0 Å². The van der Waals surface area contributed by atoms with Gasteiger partial charge in [-0.2, -0.15) is 0 Å². The zero-order valence-corrected chi connectivity index (χ0v) is 12.2. The maximum atomic E-state index is 12.2. The van der Waals surface area contributed by atoms with Crippen LogP contribution in [-0.4, -0.2) is 46.8 Å². The lowest BCUT2D eigenvalue weighted by Gasteiger charge is -2.17. The molecule has 2 amide bonds. The van der Waals surface area contributed by atoms with Gasteiger partial charge in [-0.25, -0.2) is 9.97 Å². The van der Waals surface area contributed by atoms with E-state index in [-0.39, 0.29) is 5.91 Å². The Hall–Kier alpha value is -2.22. The number of carbonyl (C=O) groups is 2. The van der Waals surface area contributed by atoms with Crippen molar-refractivity contribution in [3.63, 3.8) is 0 Å².